The molecular formula is C25H44N2O. The van der Waals surface area contributed by atoms with E-state index < -0.39 is 0 Å². The van der Waals surface area contributed by atoms with Crippen molar-refractivity contribution in [2.45, 2.75) is 77.3 Å². The van der Waals surface area contributed by atoms with Crippen molar-refractivity contribution in [3.63, 3.8) is 0 Å². The largest absolute Gasteiger partial charge is 0.396 e. The average molecular weight is 389 g/mol. The Morgan fingerprint density at radius 3 is 2.46 bits per heavy atom. The molecular weight excluding hydrogens is 344 g/mol. The average Bonchev–Trinajstić information content (AvgIpc) is 3.06. The molecule has 0 saturated heterocycles. The van der Waals surface area contributed by atoms with Crippen molar-refractivity contribution in [2.75, 3.05) is 34.8 Å². The Morgan fingerprint density at radius 1 is 1.07 bits per heavy atom. The van der Waals surface area contributed by atoms with Gasteiger partial charge in [0.05, 0.1) is 0 Å². The van der Waals surface area contributed by atoms with Crippen LogP contribution in [-0.2, 0) is 0 Å². The normalized spacial score (nSPS) is 46.8. The molecule has 1 N–H and O–H groups in total. The number of allylic oxidation sites excluding steroid dienone is 1. The highest BCUT2D eigenvalue weighted by atomic mass is 16.3. The summed E-state index contributed by atoms with van der Waals surface area (Å²) < 4.78 is 0. The van der Waals surface area contributed by atoms with Gasteiger partial charge in [-0.25, -0.2) is 0 Å². The SMILES string of the molecule is CC([C@H]1CCC2C3CC=C4C[C@@H](N(C)C)CC[C@]4(C)C3CC[C@@]21CO)N(C)C. The van der Waals surface area contributed by atoms with E-state index in [2.05, 4.69) is 57.9 Å². The lowest BCUT2D eigenvalue weighted by Gasteiger charge is -2.59. The molecule has 0 spiro atoms. The molecule has 4 unspecified atom stereocenters. The number of aliphatic hydroxyl groups excluding tert-OH is 1. The third-order valence-electron chi connectivity index (χ3n) is 10.3. The van der Waals surface area contributed by atoms with Crippen molar-refractivity contribution in [1.29, 1.82) is 0 Å². The van der Waals surface area contributed by atoms with Crippen LogP contribution >= 0.6 is 0 Å². The third-order valence-corrected chi connectivity index (χ3v) is 10.3. The van der Waals surface area contributed by atoms with Crippen LogP contribution in [0.1, 0.15) is 65.2 Å². The quantitative estimate of drug-likeness (QED) is 0.722. The summed E-state index contributed by atoms with van der Waals surface area (Å²) in [4.78, 5) is 4.83. The zero-order valence-corrected chi connectivity index (χ0v) is 19.2. The maximum Gasteiger partial charge on any atom is 0.0493 e. The summed E-state index contributed by atoms with van der Waals surface area (Å²) in [6.07, 6.45) is 13.1. The van der Waals surface area contributed by atoms with Crippen LogP contribution in [0.3, 0.4) is 0 Å². The van der Waals surface area contributed by atoms with E-state index in [0.29, 0.717) is 24.0 Å². The Labute approximate surface area is 173 Å². The van der Waals surface area contributed by atoms with E-state index in [-0.39, 0.29) is 5.41 Å². The first kappa shape index (κ1) is 20.9. The number of hydrogen-bond acceptors (Lipinski definition) is 3. The van der Waals surface area contributed by atoms with Crippen LogP contribution < -0.4 is 0 Å². The first-order chi connectivity index (χ1) is 13.2. The number of nitrogens with zero attached hydrogens (tertiary/aromatic N) is 2. The van der Waals surface area contributed by atoms with Gasteiger partial charge >= 0.3 is 0 Å². The van der Waals surface area contributed by atoms with Gasteiger partial charge in [0.2, 0.25) is 0 Å². The number of rotatable bonds is 4. The number of aliphatic hydroxyl groups is 1. The fourth-order valence-corrected chi connectivity index (χ4v) is 8.33. The van der Waals surface area contributed by atoms with Crippen LogP contribution in [0, 0.1) is 34.5 Å². The molecule has 0 aliphatic heterocycles. The second-order valence-corrected chi connectivity index (χ2v) is 11.4. The Morgan fingerprint density at radius 2 is 1.82 bits per heavy atom. The van der Waals surface area contributed by atoms with Crippen LogP contribution in [0.5, 0.6) is 0 Å². The predicted molar refractivity (Wildman–Crippen MR) is 117 cm³/mol. The van der Waals surface area contributed by atoms with Crippen molar-refractivity contribution in [3.8, 4) is 0 Å². The molecule has 3 heteroatoms. The maximum atomic E-state index is 10.7. The van der Waals surface area contributed by atoms with E-state index in [1.165, 1.54) is 51.4 Å². The second kappa shape index (κ2) is 7.39. The molecule has 0 bridgehead atoms. The van der Waals surface area contributed by atoms with Crippen LogP contribution in [0.15, 0.2) is 11.6 Å². The van der Waals surface area contributed by atoms with Gasteiger partial charge in [-0.05, 0) is 116 Å². The standard InChI is InChI=1S/C25H44N2O/c1-17(26(3)4)21-9-10-23-20-8-7-18-15-19(27(5)6)11-13-24(18,2)22(20)12-14-25(21,23)16-28/h7,17,19-23,28H,8-16H2,1-6H3/t17?,19-,20?,21+,22?,23?,24-,25-/m0/s1. The molecule has 4 aliphatic carbocycles. The minimum Gasteiger partial charge on any atom is -0.396 e. The van der Waals surface area contributed by atoms with Crippen LogP contribution in [0.2, 0.25) is 0 Å². The molecule has 0 aromatic carbocycles. The van der Waals surface area contributed by atoms with Gasteiger partial charge in [-0.2, -0.15) is 0 Å². The van der Waals surface area contributed by atoms with Gasteiger partial charge in [-0.1, -0.05) is 18.6 Å². The van der Waals surface area contributed by atoms with Gasteiger partial charge in [-0.3, -0.25) is 0 Å². The van der Waals surface area contributed by atoms with E-state index in [0.717, 1.165) is 23.8 Å². The Kier molecular flexibility index (Phi) is 5.51. The fourth-order valence-electron chi connectivity index (χ4n) is 8.33. The highest BCUT2D eigenvalue weighted by molar-refractivity contribution is 5.26. The van der Waals surface area contributed by atoms with Crippen molar-refractivity contribution < 1.29 is 5.11 Å². The van der Waals surface area contributed by atoms with Gasteiger partial charge in [0.15, 0.2) is 0 Å². The Bertz CT molecular complexity index is 614. The molecule has 4 rings (SSSR count). The van der Waals surface area contributed by atoms with Crippen molar-refractivity contribution in [1.82, 2.24) is 9.80 Å². The van der Waals surface area contributed by atoms with Gasteiger partial charge in [0.25, 0.3) is 0 Å². The zero-order chi connectivity index (χ0) is 20.3. The van der Waals surface area contributed by atoms with Gasteiger partial charge in [0, 0.05) is 24.1 Å². The summed E-state index contributed by atoms with van der Waals surface area (Å²) in [6, 6.07) is 1.29. The summed E-state index contributed by atoms with van der Waals surface area (Å²) in [5.41, 5.74) is 2.36. The molecule has 0 amide bonds. The number of fused-ring (bicyclic) bond motifs is 5. The van der Waals surface area contributed by atoms with Crippen molar-refractivity contribution >= 4 is 0 Å². The van der Waals surface area contributed by atoms with Crippen LogP contribution in [-0.4, -0.2) is 61.8 Å². The summed E-state index contributed by atoms with van der Waals surface area (Å²) >= 11 is 0. The molecule has 0 heterocycles. The van der Waals surface area contributed by atoms with Gasteiger partial charge in [0.1, 0.15) is 0 Å². The lowest BCUT2D eigenvalue weighted by Crippen LogP contribution is -2.54. The lowest BCUT2D eigenvalue weighted by molar-refractivity contribution is -0.0892. The van der Waals surface area contributed by atoms with E-state index in [4.69, 9.17) is 0 Å². The minimum absolute atomic E-state index is 0.174. The van der Waals surface area contributed by atoms with Crippen LogP contribution in [0.25, 0.3) is 0 Å². The minimum atomic E-state index is 0.174. The van der Waals surface area contributed by atoms with Gasteiger partial charge < -0.3 is 14.9 Å². The highest BCUT2D eigenvalue weighted by Gasteiger charge is 2.61. The second-order valence-electron chi connectivity index (χ2n) is 11.4. The topological polar surface area (TPSA) is 26.7 Å². The lowest BCUT2D eigenvalue weighted by atomic mass is 9.46. The third kappa shape index (κ3) is 2.94. The summed E-state index contributed by atoms with van der Waals surface area (Å²) in [6.45, 7) is 5.39. The smallest absolute Gasteiger partial charge is 0.0493 e. The van der Waals surface area contributed by atoms with Crippen LogP contribution in [0.4, 0.5) is 0 Å². The first-order valence-electron chi connectivity index (χ1n) is 11.9. The Balaban J connectivity index is 1.62. The highest BCUT2D eigenvalue weighted by Crippen LogP contribution is 2.66. The molecule has 28 heavy (non-hydrogen) atoms. The molecule has 160 valence electrons. The predicted octanol–water partition coefficient (Wildman–Crippen LogP) is 4.42. The molecule has 0 radical (unpaired) electrons. The van der Waals surface area contributed by atoms with E-state index in [9.17, 15) is 5.11 Å². The van der Waals surface area contributed by atoms with Gasteiger partial charge in [-0.15, -0.1) is 0 Å². The summed E-state index contributed by atoms with van der Waals surface area (Å²) in [5, 5.41) is 10.7. The molecule has 3 nitrogen and oxygen atoms in total. The number of hydrogen-bond donors (Lipinski definition) is 1. The zero-order valence-electron chi connectivity index (χ0n) is 19.2. The molecule has 8 atom stereocenters. The Hall–Kier alpha value is -0.380. The molecule has 4 aliphatic rings. The fraction of sp³-hybridized carbons (Fsp3) is 0.920. The van der Waals surface area contributed by atoms with Crippen molar-refractivity contribution in [3.05, 3.63) is 11.6 Å². The molecule has 3 fully saturated rings. The molecule has 0 aromatic rings. The maximum absolute atomic E-state index is 10.7. The van der Waals surface area contributed by atoms with E-state index in [1.807, 2.05) is 0 Å². The summed E-state index contributed by atoms with van der Waals surface area (Å²) in [5.74, 6) is 3.02. The van der Waals surface area contributed by atoms with Crippen molar-refractivity contribution in [2.24, 2.45) is 34.5 Å². The monoisotopic (exact) mass is 388 g/mol. The molecule has 0 aromatic heterocycles. The molecule has 3 saturated carbocycles. The van der Waals surface area contributed by atoms with E-state index >= 15 is 0 Å². The summed E-state index contributed by atoms with van der Waals surface area (Å²) in [7, 11) is 8.93. The van der Waals surface area contributed by atoms with E-state index in [1.54, 1.807) is 5.57 Å². The first-order valence-corrected chi connectivity index (χ1v) is 11.9.